The maximum Gasteiger partial charge on any atom is 0.282 e. The van der Waals surface area contributed by atoms with Gasteiger partial charge in [0.1, 0.15) is 0 Å². The quantitative estimate of drug-likeness (QED) is 0.552. The molecule has 2 aromatic rings. The van der Waals surface area contributed by atoms with Crippen molar-refractivity contribution in [2.75, 3.05) is 23.4 Å². The van der Waals surface area contributed by atoms with Crippen molar-refractivity contribution < 1.29 is 9.59 Å². The minimum absolute atomic E-state index is 0.0103. The summed E-state index contributed by atoms with van der Waals surface area (Å²) in [4.78, 5) is 27.6. The fraction of sp³-hybridized carbons (Fsp3) is 0.346. The van der Waals surface area contributed by atoms with Crippen LogP contribution in [-0.4, -0.2) is 35.5 Å². The molecule has 1 aliphatic rings. The van der Waals surface area contributed by atoms with Gasteiger partial charge in [-0.05, 0) is 62.6 Å². The molecule has 168 valence electrons. The van der Waals surface area contributed by atoms with Gasteiger partial charge < -0.3 is 10.2 Å². The van der Waals surface area contributed by atoms with Gasteiger partial charge in [0.2, 0.25) is 0 Å². The Kier molecular flexibility index (Phi) is 7.82. The van der Waals surface area contributed by atoms with Gasteiger partial charge in [-0.1, -0.05) is 38.5 Å². The second kappa shape index (κ2) is 10.8. The Morgan fingerprint density at radius 3 is 2.34 bits per heavy atom. The Hall–Kier alpha value is -3.41. The number of carbonyl (C=O) groups excluding carboxylic acids is 2. The van der Waals surface area contributed by atoms with E-state index in [0.29, 0.717) is 36.3 Å². The molecule has 0 aromatic heterocycles. The van der Waals surface area contributed by atoms with Crippen molar-refractivity contribution in [3.63, 3.8) is 0 Å². The first kappa shape index (κ1) is 23.3. The molecule has 6 nitrogen and oxygen atoms in total. The standard InChI is InChI=1S/C26H32N4O2/c1-5-11-24-22(18-27-23-13-10-9-12-19(23)6-2)26(32)30(28-24)21-16-14-20(15-17-21)25(31)29(7-3)8-4/h9-10,12-18,27H,5-8,11H2,1-4H3. The van der Waals surface area contributed by atoms with Gasteiger partial charge in [-0.25, -0.2) is 0 Å². The Bertz CT molecular complexity index is 1020. The number of hydrogen-bond donors (Lipinski definition) is 1. The van der Waals surface area contributed by atoms with Crippen LogP contribution in [-0.2, 0) is 11.2 Å². The number of hydrogen-bond acceptors (Lipinski definition) is 4. The van der Waals surface area contributed by atoms with Crippen LogP contribution in [0.3, 0.4) is 0 Å². The van der Waals surface area contributed by atoms with E-state index in [9.17, 15) is 9.59 Å². The highest BCUT2D eigenvalue weighted by Gasteiger charge is 2.30. The van der Waals surface area contributed by atoms with E-state index < -0.39 is 0 Å². The smallest absolute Gasteiger partial charge is 0.282 e. The topological polar surface area (TPSA) is 65.0 Å². The second-order valence-electron chi connectivity index (χ2n) is 7.65. The van der Waals surface area contributed by atoms with E-state index in [1.165, 1.54) is 10.6 Å². The van der Waals surface area contributed by atoms with E-state index >= 15 is 0 Å². The Balaban J connectivity index is 1.84. The van der Waals surface area contributed by atoms with Crippen molar-refractivity contribution in [1.82, 2.24) is 4.90 Å². The van der Waals surface area contributed by atoms with Gasteiger partial charge in [-0.15, -0.1) is 0 Å². The molecular weight excluding hydrogens is 400 g/mol. The zero-order chi connectivity index (χ0) is 23.1. The van der Waals surface area contributed by atoms with Gasteiger partial charge in [-0.3, -0.25) is 9.59 Å². The van der Waals surface area contributed by atoms with E-state index in [2.05, 4.69) is 30.3 Å². The monoisotopic (exact) mass is 432 g/mol. The number of amides is 2. The summed E-state index contributed by atoms with van der Waals surface area (Å²) in [7, 11) is 0. The zero-order valence-electron chi connectivity index (χ0n) is 19.4. The van der Waals surface area contributed by atoms with Crippen LogP contribution in [0.15, 0.2) is 65.4 Å². The molecule has 0 unspecified atom stereocenters. The lowest BCUT2D eigenvalue weighted by Gasteiger charge is -2.19. The third kappa shape index (κ3) is 4.90. The molecule has 2 aromatic carbocycles. The summed E-state index contributed by atoms with van der Waals surface area (Å²) in [6, 6.07) is 15.2. The molecule has 0 saturated carbocycles. The molecular formula is C26H32N4O2. The first-order valence-corrected chi connectivity index (χ1v) is 11.4. The lowest BCUT2D eigenvalue weighted by Crippen LogP contribution is -2.30. The summed E-state index contributed by atoms with van der Waals surface area (Å²) in [5.74, 6) is -0.179. The number of carbonyl (C=O) groups is 2. The molecule has 3 rings (SSSR count). The molecule has 1 N–H and O–H groups in total. The highest BCUT2D eigenvalue weighted by molar-refractivity contribution is 6.30. The maximum absolute atomic E-state index is 13.2. The normalized spacial score (nSPS) is 14.6. The summed E-state index contributed by atoms with van der Waals surface area (Å²) < 4.78 is 0. The van der Waals surface area contributed by atoms with Crippen molar-refractivity contribution in [3.05, 3.63) is 71.4 Å². The summed E-state index contributed by atoms with van der Waals surface area (Å²) in [6.07, 6.45) is 4.27. The number of rotatable bonds is 9. The molecule has 2 amide bonds. The lowest BCUT2D eigenvalue weighted by atomic mass is 10.1. The number of aryl methyl sites for hydroxylation is 1. The Labute approximate surface area is 190 Å². The van der Waals surface area contributed by atoms with Crippen molar-refractivity contribution in [2.24, 2.45) is 5.10 Å². The largest absolute Gasteiger partial charge is 0.361 e. The van der Waals surface area contributed by atoms with Crippen LogP contribution in [0.5, 0.6) is 0 Å². The summed E-state index contributed by atoms with van der Waals surface area (Å²) in [5.41, 5.74) is 4.77. The van der Waals surface area contributed by atoms with Crippen molar-refractivity contribution >= 4 is 28.9 Å². The fourth-order valence-electron chi connectivity index (χ4n) is 3.76. The van der Waals surface area contributed by atoms with Crippen LogP contribution >= 0.6 is 0 Å². The van der Waals surface area contributed by atoms with Gasteiger partial charge in [0, 0.05) is 30.5 Å². The third-order valence-corrected chi connectivity index (χ3v) is 5.62. The van der Waals surface area contributed by atoms with Gasteiger partial charge in [0.25, 0.3) is 11.8 Å². The number of nitrogens with one attached hydrogen (secondary N) is 1. The number of benzene rings is 2. The van der Waals surface area contributed by atoms with E-state index in [1.54, 1.807) is 35.4 Å². The van der Waals surface area contributed by atoms with Crippen LogP contribution in [0.25, 0.3) is 0 Å². The van der Waals surface area contributed by atoms with Gasteiger partial charge in [-0.2, -0.15) is 10.1 Å². The van der Waals surface area contributed by atoms with Crippen molar-refractivity contribution in [2.45, 2.75) is 47.0 Å². The van der Waals surface area contributed by atoms with E-state index in [4.69, 9.17) is 0 Å². The van der Waals surface area contributed by atoms with E-state index in [-0.39, 0.29) is 11.8 Å². The minimum atomic E-state index is -0.169. The van der Waals surface area contributed by atoms with Gasteiger partial charge in [0.15, 0.2) is 0 Å². The number of hydrazone groups is 1. The molecule has 1 heterocycles. The molecule has 0 spiro atoms. The molecule has 0 radical (unpaired) electrons. The van der Waals surface area contributed by atoms with Gasteiger partial charge >= 0.3 is 0 Å². The fourth-order valence-corrected chi connectivity index (χ4v) is 3.76. The van der Waals surface area contributed by atoms with Crippen LogP contribution in [0, 0.1) is 0 Å². The van der Waals surface area contributed by atoms with Crippen LogP contribution in [0.2, 0.25) is 0 Å². The van der Waals surface area contributed by atoms with E-state index in [0.717, 1.165) is 24.2 Å². The second-order valence-corrected chi connectivity index (χ2v) is 7.65. The minimum Gasteiger partial charge on any atom is -0.361 e. The highest BCUT2D eigenvalue weighted by Crippen LogP contribution is 2.26. The summed E-state index contributed by atoms with van der Waals surface area (Å²) in [6.45, 7) is 9.42. The summed E-state index contributed by atoms with van der Waals surface area (Å²) in [5, 5.41) is 9.34. The average Bonchev–Trinajstić information content (AvgIpc) is 3.13. The maximum atomic E-state index is 13.2. The van der Waals surface area contributed by atoms with Crippen LogP contribution in [0.1, 0.15) is 56.5 Å². The van der Waals surface area contributed by atoms with Crippen LogP contribution < -0.4 is 10.3 Å². The average molecular weight is 433 g/mol. The zero-order valence-corrected chi connectivity index (χ0v) is 19.4. The molecule has 1 aliphatic heterocycles. The predicted octanol–water partition coefficient (Wildman–Crippen LogP) is 5.23. The first-order chi connectivity index (χ1) is 15.5. The Morgan fingerprint density at radius 2 is 1.72 bits per heavy atom. The number of para-hydroxylation sites is 1. The molecule has 0 atom stereocenters. The molecule has 0 saturated heterocycles. The van der Waals surface area contributed by atoms with Crippen molar-refractivity contribution in [3.8, 4) is 0 Å². The highest BCUT2D eigenvalue weighted by atomic mass is 16.2. The third-order valence-electron chi connectivity index (χ3n) is 5.62. The molecule has 32 heavy (non-hydrogen) atoms. The number of anilines is 2. The molecule has 0 aliphatic carbocycles. The number of nitrogens with zero attached hydrogens (tertiary/aromatic N) is 3. The van der Waals surface area contributed by atoms with E-state index in [1.807, 2.05) is 32.0 Å². The molecule has 0 bridgehead atoms. The molecule has 6 heteroatoms. The van der Waals surface area contributed by atoms with Gasteiger partial charge in [0.05, 0.1) is 17.0 Å². The van der Waals surface area contributed by atoms with Crippen LogP contribution in [0.4, 0.5) is 11.4 Å². The Morgan fingerprint density at radius 1 is 1.03 bits per heavy atom. The lowest BCUT2D eigenvalue weighted by molar-refractivity contribution is -0.114. The van der Waals surface area contributed by atoms with Crippen molar-refractivity contribution in [1.29, 1.82) is 0 Å². The summed E-state index contributed by atoms with van der Waals surface area (Å²) >= 11 is 0. The predicted molar refractivity (Wildman–Crippen MR) is 131 cm³/mol. The first-order valence-electron chi connectivity index (χ1n) is 11.4. The molecule has 0 fully saturated rings. The SMILES string of the molecule is CCCC1=NN(c2ccc(C(=O)N(CC)CC)cc2)C(=O)C1=CNc1ccccc1CC.